The molecule has 0 spiro atoms. The summed E-state index contributed by atoms with van der Waals surface area (Å²) in [5.41, 5.74) is 0.0595. The van der Waals surface area contributed by atoms with Gasteiger partial charge in [0.05, 0.1) is 11.7 Å². The molecule has 0 aromatic heterocycles. The third-order valence-corrected chi connectivity index (χ3v) is 3.66. The predicted molar refractivity (Wildman–Crippen MR) is 67.2 cm³/mol. The fourth-order valence-corrected chi connectivity index (χ4v) is 1.49. The molecule has 0 aliphatic heterocycles. The van der Waals surface area contributed by atoms with Crippen LogP contribution in [0.25, 0.3) is 0 Å². The van der Waals surface area contributed by atoms with Crippen molar-refractivity contribution in [1.29, 1.82) is 0 Å². The quantitative estimate of drug-likeness (QED) is 0.760. The molecule has 0 fully saturated rings. The molecule has 0 heterocycles. The highest BCUT2D eigenvalue weighted by atomic mass is 16.5. The molecule has 0 aromatic rings. The fourth-order valence-electron chi connectivity index (χ4n) is 1.49. The molecule has 0 aliphatic carbocycles. The maximum atomic E-state index is 6.18. The Bertz CT molecular complexity index is 177. The maximum Gasteiger partial charge on any atom is 0.0707 e. The van der Waals surface area contributed by atoms with E-state index in [1.165, 1.54) is 0 Å². The van der Waals surface area contributed by atoms with E-state index >= 15 is 0 Å². The number of ether oxygens (including phenoxy) is 1. The van der Waals surface area contributed by atoms with Crippen molar-refractivity contribution in [3.8, 4) is 0 Å². The van der Waals surface area contributed by atoms with Crippen LogP contribution in [0.5, 0.6) is 0 Å². The zero-order valence-electron chi connectivity index (χ0n) is 11.8. The first-order chi connectivity index (χ1) is 6.65. The largest absolute Gasteiger partial charge is 0.370 e. The summed E-state index contributed by atoms with van der Waals surface area (Å²) in [6.45, 7) is 15.3. The van der Waals surface area contributed by atoms with Gasteiger partial charge in [-0.1, -0.05) is 27.7 Å². The first kappa shape index (κ1) is 14.9. The Kier molecular flexibility index (Phi) is 5.28. The lowest BCUT2D eigenvalue weighted by Crippen LogP contribution is -2.47. The van der Waals surface area contributed by atoms with Crippen LogP contribution in [-0.2, 0) is 4.74 Å². The van der Waals surface area contributed by atoms with Crippen molar-refractivity contribution in [3.05, 3.63) is 0 Å². The molecule has 92 valence electrons. The summed E-state index contributed by atoms with van der Waals surface area (Å²) in [4.78, 5) is 0. The Morgan fingerprint density at radius 2 is 1.60 bits per heavy atom. The van der Waals surface area contributed by atoms with Crippen LogP contribution in [0.1, 0.15) is 54.9 Å². The fraction of sp³-hybridized carbons (Fsp3) is 1.00. The second kappa shape index (κ2) is 5.31. The molecule has 2 atom stereocenters. The molecule has 2 nitrogen and oxygen atoms in total. The second-order valence-electron chi connectivity index (χ2n) is 5.89. The summed E-state index contributed by atoms with van der Waals surface area (Å²) in [6.07, 6.45) is 1.34. The molecule has 0 unspecified atom stereocenters. The van der Waals surface area contributed by atoms with Gasteiger partial charge in [-0.15, -0.1) is 0 Å². The van der Waals surface area contributed by atoms with Crippen LogP contribution < -0.4 is 5.32 Å². The SMILES string of the molecule is CC[C@H](NC)[C@H](C)OC(C)(C)C(C)(C)C. The summed E-state index contributed by atoms with van der Waals surface area (Å²) in [7, 11) is 2.00. The third-order valence-electron chi connectivity index (χ3n) is 3.66. The van der Waals surface area contributed by atoms with E-state index in [0.717, 1.165) is 6.42 Å². The molecule has 15 heavy (non-hydrogen) atoms. The molecule has 0 saturated carbocycles. The number of rotatable bonds is 5. The summed E-state index contributed by atoms with van der Waals surface area (Å²) in [6, 6.07) is 0.437. The van der Waals surface area contributed by atoms with Gasteiger partial charge in [0.2, 0.25) is 0 Å². The minimum Gasteiger partial charge on any atom is -0.370 e. The van der Waals surface area contributed by atoms with Crippen LogP contribution in [0, 0.1) is 5.41 Å². The average Bonchev–Trinajstić information content (AvgIpc) is 2.03. The number of hydrogen-bond donors (Lipinski definition) is 1. The van der Waals surface area contributed by atoms with E-state index in [0.29, 0.717) is 6.04 Å². The highest BCUT2D eigenvalue weighted by Gasteiger charge is 2.36. The lowest BCUT2D eigenvalue weighted by molar-refractivity contribution is -0.133. The van der Waals surface area contributed by atoms with Crippen molar-refractivity contribution < 1.29 is 4.74 Å². The van der Waals surface area contributed by atoms with Crippen molar-refractivity contribution in [2.24, 2.45) is 5.41 Å². The standard InChI is InChI=1S/C13H29NO/c1-9-11(14-8)10(2)15-13(6,7)12(3,4)5/h10-11,14H,9H2,1-8H3/t10-,11-/m0/s1. The van der Waals surface area contributed by atoms with Crippen LogP contribution >= 0.6 is 0 Å². The molecule has 0 amide bonds. The van der Waals surface area contributed by atoms with Gasteiger partial charge in [0.1, 0.15) is 0 Å². The Balaban J connectivity index is 4.45. The minimum atomic E-state index is -0.101. The van der Waals surface area contributed by atoms with E-state index in [2.05, 4.69) is 53.8 Å². The van der Waals surface area contributed by atoms with Crippen LogP contribution in [-0.4, -0.2) is 24.8 Å². The molecule has 0 rings (SSSR count). The second-order valence-corrected chi connectivity index (χ2v) is 5.89. The maximum absolute atomic E-state index is 6.18. The lowest BCUT2D eigenvalue weighted by Gasteiger charge is -2.42. The summed E-state index contributed by atoms with van der Waals surface area (Å²) < 4.78 is 6.18. The van der Waals surface area contributed by atoms with Gasteiger partial charge in [0.25, 0.3) is 0 Å². The number of hydrogen-bond acceptors (Lipinski definition) is 2. The van der Waals surface area contributed by atoms with Gasteiger partial charge in [-0.3, -0.25) is 0 Å². The van der Waals surface area contributed by atoms with E-state index in [9.17, 15) is 0 Å². The van der Waals surface area contributed by atoms with Crippen molar-refractivity contribution in [2.75, 3.05) is 7.05 Å². The average molecular weight is 215 g/mol. The first-order valence-electron chi connectivity index (χ1n) is 6.00. The Morgan fingerprint density at radius 3 is 1.87 bits per heavy atom. The summed E-state index contributed by atoms with van der Waals surface area (Å²) >= 11 is 0. The van der Waals surface area contributed by atoms with Gasteiger partial charge >= 0.3 is 0 Å². The highest BCUT2D eigenvalue weighted by molar-refractivity contribution is 4.86. The van der Waals surface area contributed by atoms with E-state index in [1.54, 1.807) is 0 Å². The Labute approximate surface area is 95.8 Å². The van der Waals surface area contributed by atoms with E-state index < -0.39 is 0 Å². The molecule has 1 N–H and O–H groups in total. The van der Waals surface area contributed by atoms with Gasteiger partial charge in [-0.05, 0) is 39.7 Å². The van der Waals surface area contributed by atoms with Crippen molar-refractivity contribution in [1.82, 2.24) is 5.32 Å². The van der Waals surface area contributed by atoms with Crippen molar-refractivity contribution >= 4 is 0 Å². The lowest BCUT2D eigenvalue weighted by atomic mass is 9.79. The monoisotopic (exact) mass is 215 g/mol. The highest BCUT2D eigenvalue weighted by Crippen LogP contribution is 2.34. The summed E-state index contributed by atoms with van der Waals surface area (Å²) in [5.74, 6) is 0. The van der Waals surface area contributed by atoms with E-state index in [-0.39, 0.29) is 17.1 Å². The summed E-state index contributed by atoms with van der Waals surface area (Å²) in [5, 5.41) is 3.30. The van der Waals surface area contributed by atoms with Gasteiger partial charge < -0.3 is 10.1 Å². The van der Waals surface area contributed by atoms with Crippen molar-refractivity contribution in [3.63, 3.8) is 0 Å². The Morgan fingerprint density at radius 1 is 1.13 bits per heavy atom. The normalized spacial score (nSPS) is 17.6. The predicted octanol–water partition coefficient (Wildman–Crippen LogP) is 3.21. The van der Waals surface area contributed by atoms with Crippen LogP contribution in [0.15, 0.2) is 0 Å². The van der Waals surface area contributed by atoms with E-state index in [1.807, 2.05) is 7.05 Å². The molecule has 0 radical (unpaired) electrons. The van der Waals surface area contributed by atoms with Gasteiger partial charge in [0, 0.05) is 6.04 Å². The smallest absolute Gasteiger partial charge is 0.0707 e. The minimum absolute atomic E-state index is 0.101. The Hall–Kier alpha value is -0.0800. The molecule has 0 bridgehead atoms. The zero-order valence-corrected chi connectivity index (χ0v) is 11.8. The molecule has 0 aromatic carbocycles. The van der Waals surface area contributed by atoms with Gasteiger partial charge in [-0.2, -0.15) is 0 Å². The zero-order chi connectivity index (χ0) is 12.3. The third kappa shape index (κ3) is 4.12. The van der Waals surface area contributed by atoms with Crippen LogP contribution in [0.3, 0.4) is 0 Å². The molecular weight excluding hydrogens is 186 g/mol. The molecule has 0 aliphatic rings. The number of likely N-dealkylation sites (N-methyl/N-ethyl adjacent to an activating group) is 1. The van der Waals surface area contributed by atoms with E-state index in [4.69, 9.17) is 4.74 Å². The number of nitrogens with one attached hydrogen (secondary N) is 1. The van der Waals surface area contributed by atoms with Gasteiger partial charge in [0.15, 0.2) is 0 Å². The topological polar surface area (TPSA) is 21.3 Å². The molecular formula is C13H29NO. The van der Waals surface area contributed by atoms with Gasteiger partial charge in [-0.25, -0.2) is 0 Å². The van der Waals surface area contributed by atoms with Crippen LogP contribution in [0.4, 0.5) is 0 Å². The van der Waals surface area contributed by atoms with Crippen LogP contribution in [0.2, 0.25) is 0 Å². The molecule has 0 saturated heterocycles. The molecule has 2 heteroatoms. The van der Waals surface area contributed by atoms with Crippen molar-refractivity contribution in [2.45, 2.75) is 72.6 Å². The first-order valence-corrected chi connectivity index (χ1v) is 6.00.